The second kappa shape index (κ2) is 12.9. The molecule has 0 aliphatic heterocycles. The Morgan fingerprint density at radius 1 is 1.00 bits per heavy atom. The van der Waals surface area contributed by atoms with Gasteiger partial charge in [-0.05, 0) is 61.4 Å². The third kappa shape index (κ3) is 6.77. The standard InChI is InChI=1S/C26H34FN3O.2C2H6/c1-6-16-10-11-20(25(27)19(16)7-2)28-24-15-21(29-30-24)17-8-9-18(14-17)22-12-13-23(31-22)26(3,4)5;2*1-2/h10-13,15,17-18H,6-9,14H2,1-5H3,(H2,28,29,30);2*1-2H3. The predicted molar refractivity (Wildman–Crippen MR) is 146 cm³/mol. The summed E-state index contributed by atoms with van der Waals surface area (Å²) >= 11 is 0. The van der Waals surface area contributed by atoms with Crippen molar-refractivity contribution in [3.8, 4) is 0 Å². The molecule has 0 saturated heterocycles. The van der Waals surface area contributed by atoms with E-state index in [1.807, 2.05) is 52.8 Å². The summed E-state index contributed by atoms with van der Waals surface area (Å²) in [5.41, 5.74) is 3.48. The Morgan fingerprint density at radius 2 is 1.69 bits per heavy atom. The minimum Gasteiger partial charge on any atom is -0.465 e. The van der Waals surface area contributed by atoms with Gasteiger partial charge in [0.25, 0.3) is 0 Å². The van der Waals surface area contributed by atoms with Crippen LogP contribution in [0.1, 0.15) is 122 Å². The molecule has 0 radical (unpaired) electrons. The van der Waals surface area contributed by atoms with E-state index in [9.17, 15) is 4.39 Å². The fourth-order valence-electron chi connectivity index (χ4n) is 4.72. The highest BCUT2D eigenvalue weighted by Gasteiger charge is 2.31. The van der Waals surface area contributed by atoms with Gasteiger partial charge in [-0.15, -0.1) is 0 Å². The quantitative estimate of drug-likeness (QED) is 0.367. The van der Waals surface area contributed by atoms with E-state index in [1.54, 1.807) is 0 Å². The largest absolute Gasteiger partial charge is 0.465 e. The number of hydrogen-bond donors (Lipinski definition) is 2. The molecule has 1 aliphatic rings. The van der Waals surface area contributed by atoms with E-state index in [0.29, 0.717) is 29.8 Å². The zero-order valence-corrected chi connectivity index (χ0v) is 23.3. The number of rotatable bonds is 6. The van der Waals surface area contributed by atoms with E-state index in [-0.39, 0.29) is 11.2 Å². The summed E-state index contributed by atoms with van der Waals surface area (Å²) in [5, 5.41) is 10.7. The molecule has 1 aromatic carbocycles. The first-order valence-corrected chi connectivity index (χ1v) is 13.5. The van der Waals surface area contributed by atoms with Crippen LogP contribution in [0.25, 0.3) is 0 Å². The molecule has 1 fully saturated rings. The van der Waals surface area contributed by atoms with Gasteiger partial charge in [-0.2, -0.15) is 5.10 Å². The number of H-pyrrole nitrogens is 1. The van der Waals surface area contributed by atoms with Gasteiger partial charge >= 0.3 is 0 Å². The summed E-state index contributed by atoms with van der Waals surface area (Å²) in [7, 11) is 0. The molecule has 2 N–H and O–H groups in total. The van der Waals surface area contributed by atoms with Crippen LogP contribution in [-0.4, -0.2) is 10.2 Å². The van der Waals surface area contributed by atoms with Gasteiger partial charge in [0, 0.05) is 29.0 Å². The molecule has 5 heteroatoms. The monoisotopic (exact) mass is 483 g/mol. The van der Waals surface area contributed by atoms with E-state index >= 15 is 0 Å². The topological polar surface area (TPSA) is 53.9 Å². The number of aromatic nitrogens is 2. The lowest BCUT2D eigenvalue weighted by atomic mass is 9.94. The van der Waals surface area contributed by atoms with Crippen LogP contribution >= 0.6 is 0 Å². The third-order valence-electron chi connectivity index (χ3n) is 6.58. The fraction of sp³-hybridized carbons (Fsp3) is 0.567. The second-order valence-electron chi connectivity index (χ2n) is 9.76. The molecule has 2 aromatic heterocycles. The van der Waals surface area contributed by atoms with Gasteiger partial charge in [0.1, 0.15) is 17.3 Å². The number of hydrogen-bond acceptors (Lipinski definition) is 3. The average molecular weight is 484 g/mol. The maximum Gasteiger partial charge on any atom is 0.152 e. The van der Waals surface area contributed by atoms with Crippen molar-refractivity contribution >= 4 is 11.5 Å². The molecule has 2 unspecified atom stereocenters. The minimum absolute atomic E-state index is 0.0302. The molecule has 0 spiro atoms. The molecule has 1 saturated carbocycles. The third-order valence-corrected chi connectivity index (χ3v) is 6.58. The maximum atomic E-state index is 14.9. The van der Waals surface area contributed by atoms with Crippen molar-refractivity contribution in [2.24, 2.45) is 0 Å². The summed E-state index contributed by atoms with van der Waals surface area (Å²) < 4.78 is 21.1. The van der Waals surface area contributed by atoms with E-state index in [2.05, 4.69) is 55.3 Å². The average Bonchev–Trinajstić information content (AvgIpc) is 3.62. The molecular weight excluding hydrogens is 437 g/mol. The van der Waals surface area contributed by atoms with Crippen LogP contribution in [0.3, 0.4) is 0 Å². The van der Waals surface area contributed by atoms with Crippen molar-refractivity contribution < 1.29 is 8.81 Å². The lowest BCUT2D eigenvalue weighted by Crippen LogP contribution is -2.09. The Hall–Kier alpha value is -2.56. The summed E-state index contributed by atoms with van der Waals surface area (Å²) in [4.78, 5) is 0. The first kappa shape index (κ1) is 28.7. The first-order valence-electron chi connectivity index (χ1n) is 13.5. The van der Waals surface area contributed by atoms with Gasteiger partial charge < -0.3 is 9.73 Å². The molecule has 1 aliphatic carbocycles. The Kier molecular flexibility index (Phi) is 10.6. The van der Waals surface area contributed by atoms with Crippen LogP contribution in [-0.2, 0) is 18.3 Å². The van der Waals surface area contributed by atoms with Gasteiger partial charge in [0.15, 0.2) is 5.82 Å². The van der Waals surface area contributed by atoms with Crippen LogP contribution in [0.4, 0.5) is 15.9 Å². The maximum absolute atomic E-state index is 14.9. The normalized spacial score (nSPS) is 17.3. The Labute approximate surface area is 212 Å². The second-order valence-corrected chi connectivity index (χ2v) is 9.76. The highest BCUT2D eigenvalue weighted by Crippen LogP contribution is 2.44. The number of furan rings is 1. The number of nitrogens with zero attached hydrogens (tertiary/aromatic N) is 1. The molecule has 0 bridgehead atoms. The number of halogens is 1. The number of aryl methyl sites for hydroxylation is 1. The Bertz CT molecular complexity index is 1040. The van der Waals surface area contributed by atoms with Gasteiger partial charge in [-0.25, -0.2) is 4.39 Å². The summed E-state index contributed by atoms with van der Waals surface area (Å²) in [6.45, 7) is 18.6. The molecular formula is C30H46FN3O. The number of anilines is 2. The minimum atomic E-state index is -0.167. The van der Waals surface area contributed by atoms with E-state index in [1.165, 1.54) is 0 Å². The molecule has 0 amide bonds. The summed E-state index contributed by atoms with van der Waals surface area (Å²) in [6, 6.07) is 10.1. The molecule has 2 atom stereocenters. The smallest absolute Gasteiger partial charge is 0.152 e. The van der Waals surface area contributed by atoms with E-state index in [4.69, 9.17) is 4.42 Å². The van der Waals surface area contributed by atoms with Crippen LogP contribution < -0.4 is 5.32 Å². The highest BCUT2D eigenvalue weighted by atomic mass is 19.1. The zero-order chi connectivity index (χ0) is 26.2. The van der Waals surface area contributed by atoms with Crippen molar-refractivity contribution in [3.05, 3.63) is 64.5 Å². The number of benzene rings is 1. The molecule has 4 rings (SSSR count). The summed E-state index contributed by atoms with van der Waals surface area (Å²) in [5.74, 6) is 3.48. The lowest BCUT2D eigenvalue weighted by molar-refractivity contribution is 0.369. The van der Waals surface area contributed by atoms with Crippen molar-refractivity contribution in [2.75, 3.05) is 5.32 Å². The molecule has 2 heterocycles. The number of aromatic amines is 1. The van der Waals surface area contributed by atoms with Crippen LogP contribution in [0, 0.1) is 5.82 Å². The highest BCUT2D eigenvalue weighted by molar-refractivity contribution is 5.59. The predicted octanol–water partition coefficient (Wildman–Crippen LogP) is 9.41. The van der Waals surface area contributed by atoms with Crippen LogP contribution in [0.5, 0.6) is 0 Å². The van der Waals surface area contributed by atoms with Gasteiger partial charge in [0.05, 0.1) is 5.69 Å². The van der Waals surface area contributed by atoms with Crippen molar-refractivity contribution in [3.63, 3.8) is 0 Å². The van der Waals surface area contributed by atoms with E-state index in [0.717, 1.165) is 54.0 Å². The Balaban J connectivity index is 0.00000103. The van der Waals surface area contributed by atoms with Crippen LogP contribution in [0.2, 0.25) is 0 Å². The van der Waals surface area contributed by atoms with Gasteiger partial charge in [0.2, 0.25) is 0 Å². The van der Waals surface area contributed by atoms with Gasteiger partial charge in [-0.1, -0.05) is 68.4 Å². The van der Waals surface area contributed by atoms with Crippen LogP contribution in [0.15, 0.2) is 34.7 Å². The molecule has 3 aromatic rings. The first-order chi connectivity index (χ1) is 16.8. The number of nitrogens with one attached hydrogen (secondary N) is 2. The van der Waals surface area contributed by atoms with Gasteiger partial charge in [-0.3, -0.25) is 5.10 Å². The summed E-state index contributed by atoms with van der Waals surface area (Å²) in [6.07, 6.45) is 4.76. The molecule has 194 valence electrons. The molecule has 4 nitrogen and oxygen atoms in total. The van der Waals surface area contributed by atoms with Crippen molar-refractivity contribution in [2.45, 2.75) is 112 Å². The van der Waals surface area contributed by atoms with Crippen molar-refractivity contribution in [1.82, 2.24) is 10.2 Å². The zero-order valence-electron chi connectivity index (χ0n) is 23.3. The lowest BCUT2D eigenvalue weighted by Gasteiger charge is -2.15. The van der Waals surface area contributed by atoms with Crippen molar-refractivity contribution in [1.29, 1.82) is 0 Å². The molecule has 35 heavy (non-hydrogen) atoms. The fourth-order valence-corrected chi connectivity index (χ4v) is 4.72. The van der Waals surface area contributed by atoms with E-state index < -0.39 is 0 Å². The SMILES string of the molecule is CC.CC.CCc1ccc(Nc2cc(C3CCC(c4ccc(C(C)(C)C)o4)C3)[nH]n2)c(F)c1CC. The Morgan fingerprint density at radius 3 is 2.29 bits per heavy atom.